The second-order valence-electron chi connectivity index (χ2n) is 3.22. The van der Waals surface area contributed by atoms with E-state index in [4.69, 9.17) is 0 Å². The molecule has 0 unspecified atom stereocenters. The van der Waals surface area contributed by atoms with Crippen LogP contribution in [0.25, 0.3) is 0 Å². The molecule has 0 spiro atoms. The minimum Gasteiger partial charge on any atom is -0.380 e. The molecule has 0 saturated heterocycles. The Hall–Kier alpha value is -0.790. The molecule has 1 rings (SSSR count). The van der Waals surface area contributed by atoms with Crippen molar-refractivity contribution in [1.82, 2.24) is 4.90 Å². The van der Waals surface area contributed by atoms with Crippen molar-refractivity contribution in [1.29, 1.82) is 0 Å². The van der Waals surface area contributed by atoms with Crippen LogP contribution in [0.5, 0.6) is 0 Å². The second kappa shape index (κ2) is 3.56. The van der Waals surface area contributed by atoms with E-state index >= 15 is 0 Å². The van der Waals surface area contributed by atoms with E-state index in [9.17, 15) is 4.79 Å². The Kier molecular flexibility index (Phi) is 2.69. The predicted octanol–water partition coefficient (Wildman–Crippen LogP) is 1.57. The molecular weight excluding hydrogens is 138 g/mol. The summed E-state index contributed by atoms with van der Waals surface area (Å²) in [6, 6.07) is 0. The summed E-state index contributed by atoms with van der Waals surface area (Å²) in [4.78, 5) is 12.8. The second-order valence-corrected chi connectivity index (χ2v) is 3.22. The number of hydrogen-bond acceptors (Lipinski definition) is 2. The SMILES string of the molecule is CC(=O)CCC1=CN(C)CC1. The monoisotopic (exact) mass is 153 g/mol. The fourth-order valence-corrected chi connectivity index (χ4v) is 1.29. The zero-order valence-corrected chi connectivity index (χ0v) is 7.26. The molecule has 0 aromatic heterocycles. The van der Waals surface area contributed by atoms with E-state index in [0.29, 0.717) is 12.2 Å². The van der Waals surface area contributed by atoms with E-state index in [1.165, 1.54) is 5.57 Å². The van der Waals surface area contributed by atoms with Gasteiger partial charge in [0.15, 0.2) is 0 Å². The Morgan fingerprint density at radius 1 is 1.73 bits per heavy atom. The van der Waals surface area contributed by atoms with Gasteiger partial charge < -0.3 is 9.69 Å². The highest BCUT2D eigenvalue weighted by Crippen LogP contribution is 2.17. The van der Waals surface area contributed by atoms with Crippen molar-refractivity contribution >= 4 is 5.78 Å². The molecule has 0 N–H and O–H groups in total. The maximum atomic E-state index is 10.6. The van der Waals surface area contributed by atoms with E-state index in [-0.39, 0.29) is 0 Å². The smallest absolute Gasteiger partial charge is 0.130 e. The maximum Gasteiger partial charge on any atom is 0.130 e. The van der Waals surface area contributed by atoms with E-state index in [1.807, 2.05) is 0 Å². The van der Waals surface area contributed by atoms with Crippen LogP contribution in [0.1, 0.15) is 26.2 Å². The maximum absolute atomic E-state index is 10.6. The van der Waals surface area contributed by atoms with Gasteiger partial charge in [0.1, 0.15) is 5.78 Å². The van der Waals surface area contributed by atoms with Crippen molar-refractivity contribution in [2.24, 2.45) is 0 Å². The Morgan fingerprint density at radius 2 is 2.45 bits per heavy atom. The lowest BCUT2D eigenvalue weighted by Crippen LogP contribution is -2.04. The fourth-order valence-electron chi connectivity index (χ4n) is 1.29. The van der Waals surface area contributed by atoms with Gasteiger partial charge >= 0.3 is 0 Å². The minimum absolute atomic E-state index is 0.292. The van der Waals surface area contributed by atoms with E-state index in [2.05, 4.69) is 18.1 Å². The van der Waals surface area contributed by atoms with Crippen LogP contribution >= 0.6 is 0 Å². The largest absolute Gasteiger partial charge is 0.380 e. The number of carbonyl (C=O) groups excluding carboxylic acids is 1. The summed E-state index contributed by atoms with van der Waals surface area (Å²) in [5.74, 6) is 0.292. The van der Waals surface area contributed by atoms with Gasteiger partial charge in [-0.2, -0.15) is 0 Å². The lowest BCUT2D eigenvalue weighted by Gasteiger charge is -2.02. The van der Waals surface area contributed by atoms with Gasteiger partial charge in [-0.25, -0.2) is 0 Å². The van der Waals surface area contributed by atoms with Crippen molar-refractivity contribution in [2.45, 2.75) is 26.2 Å². The normalized spacial score (nSPS) is 16.9. The molecule has 0 atom stereocenters. The molecule has 11 heavy (non-hydrogen) atoms. The van der Waals surface area contributed by atoms with Crippen molar-refractivity contribution in [3.63, 3.8) is 0 Å². The topological polar surface area (TPSA) is 20.3 Å². The van der Waals surface area contributed by atoms with Crippen LogP contribution in [-0.4, -0.2) is 24.3 Å². The highest BCUT2D eigenvalue weighted by atomic mass is 16.1. The van der Waals surface area contributed by atoms with Crippen molar-refractivity contribution < 1.29 is 4.79 Å². The highest BCUT2D eigenvalue weighted by Gasteiger charge is 2.08. The Balaban J connectivity index is 2.27. The number of Topliss-reactive ketones (excluding diaryl/α,β-unsaturated/α-hetero) is 1. The third-order valence-corrected chi connectivity index (χ3v) is 1.99. The quantitative estimate of drug-likeness (QED) is 0.613. The minimum atomic E-state index is 0.292. The third kappa shape index (κ3) is 2.74. The van der Waals surface area contributed by atoms with Crippen LogP contribution in [0.2, 0.25) is 0 Å². The average Bonchev–Trinajstić information content (AvgIpc) is 2.31. The van der Waals surface area contributed by atoms with Gasteiger partial charge in [0.05, 0.1) is 0 Å². The molecule has 0 aromatic rings. The van der Waals surface area contributed by atoms with E-state index in [1.54, 1.807) is 6.92 Å². The van der Waals surface area contributed by atoms with E-state index < -0.39 is 0 Å². The Morgan fingerprint density at radius 3 is 2.91 bits per heavy atom. The summed E-state index contributed by atoms with van der Waals surface area (Å²) in [5, 5.41) is 0. The van der Waals surface area contributed by atoms with Crippen LogP contribution in [0.15, 0.2) is 11.8 Å². The first-order chi connectivity index (χ1) is 5.18. The molecule has 0 bridgehead atoms. The van der Waals surface area contributed by atoms with Crippen molar-refractivity contribution in [3.8, 4) is 0 Å². The molecule has 0 saturated carbocycles. The average molecular weight is 153 g/mol. The molecule has 1 aliphatic heterocycles. The van der Waals surface area contributed by atoms with Crippen LogP contribution in [-0.2, 0) is 4.79 Å². The standard InChI is InChI=1S/C9H15NO/c1-8(11)3-4-9-5-6-10(2)7-9/h7H,3-6H2,1-2H3. The first kappa shape index (κ1) is 8.31. The van der Waals surface area contributed by atoms with Crippen molar-refractivity contribution in [2.75, 3.05) is 13.6 Å². The molecule has 0 fully saturated rings. The lowest BCUT2D eigenvalue weighted by atomic mass is 10.1. The van der Waals surface area contributed by atoms with E-state index in [0.717, 1.165) is 19.4 Å². The van der Waals surface area contributed by atoms with Crippen LogP contribution in [0, 0.1) is 0 Å². The number of hydrogen-bond donors (Lipinski definition) is 0. The fraction of sp³-hybridized carbons (Fsp3) is 0.667. The first-order valence-electron chi connectivity index (χ1n) is 4.08. The Labute approximate surface area is 67.9 Å². The van der Waals surface area contributed by atoms with Gasteiger partial charge in [-0.3, -0.25) is 0 Å². The molecule has 1 heterocycles. The molecule has 2 nitrogen and oxygen atoms in total. The molecule has 0 aliphatic carbocycles. The van der Waals surface area contributed by atoms with Crippen LogP contribution in [0.3, 0.4) is 0 Å². The van der Waals surface area contributed by atoms with Gasteiger partial charge in [-0.15, -0.1) is 0 Å². The molecule has 62 valence electrons. The molecule has 1 aliphatic rings. The highest BCUT2D eigenvalue weighted by molar-refractivity contribution is 5.75. The molecule has 0 aromatic carbocycles. The van der Waals surface area contributed by atoms with Gasteiger partial charge in [-0.1, -0.05) is 5.57 Å². The zero-order valence-electron chi connectivity index (χ0n) is 7.26. The molecular formula is C9H15NO. The summed E-state index contributed by atoms with van der Waals surface area (Å²) in [6.45, 7) is 2.77. The molecule has 2 heteroatoms. The number of ketones is 1. The third-order valence-electron chi connectivity index (χ3n) is 1.99. The lowest BCUT2D eigenvalue weighted by molar-refractivity contribution is -0.116. The van der Waals surface area contributed by atoms with Gasteiger partial charge in [0, 0.05) is 20.0 Å². The summed E-state index contributed by atoms with van der Waals surface area (Å²) < 4.78 is 0. The summed E-state index contributed by atoms with van der Waals surface area (Å²) in [6.07, 6.45) is 4.96. The Bertz CT molecular complexity index is 184. The zero-order chi connectivity index (χ0) is 8.27. The summed E-state index contributed by atoms with van der Waals surface area (Å²) in [5.41, 5.74) is 1.42. The van der Waals surface area contributed by atoms with Gasteiger partial charge in [0.25, 0.3) is 0 Å². The van der Waals surface area contributed by atoms with Crippen molar-refractivity contribution in [3.05, 3.63) is 11.8 Å². The molecule has 0 radical (unpaired) electrons. The first-order valence-corrected chi connectivity index (χ1v) is 4.08. The number of rotatable bonds is 3. The molecule has 0 amide bonds. The van der Waals surface area contributed by atoms with Gasteiger partial charge in [0.2, 0.25) is 0 Å². The summed E-state index contributed by atoms with van der Waals surface area (Å²) in [7, 11) is 2.07. The number of nitrogens with zero attached hydrogens (tertiary/aromatic N) is 1. The summed E-state index contributed by atoms with van der Waals surface area (Å²) >= 11 is 0. The van der Waals surface area contributed by atoms with Crippen LogP contribution < -0.4 is 0 Å². The van der Waals surface area contributed by atoms with Crippen LogP contribution in [0.4, 0.5) is 0 Å². The number of carbonyl (C=O) groups is 1. The predicted molar refractivity (Wildman–Crippen MR) is 45.2 cm³/mol. The van der Waals surface area contributed by atoms with Gasteiger partial charge in [-0.05, 0) is 26.0 Å².